The average Bonchev–Trinajstić information content (AvgIpc) is 2.42. The highest BCUT2D eigenvalue weighted by Gasteiger charge is 2.34. The SMILES string of the molecule is NC1(CNC(=O)C2COc3ccccc3O2)CCC1. The summed E-state index contributed by atoms with van der Waals surface area (Å²) < 4.78 is 11.1. The quantitative estimate of drug-likeness (QED) is 0.846. The topological polar surface area (TPSA) is 73.6 Å². The minimum atomic E-state index is -0.599. The third-order valence-corrected chi connectivity index (χ3v) is 3.77. The molecule has 0 bridgehead atoms. The first-order valence-electron chi connectivity index (χ1n) is 6.61. The number of para-hydroxylation sites is 2. The summed E-state index contributed by atoms with van der Waals surface area (Å²) in [6.07, 6.45) is 2.48. The van der Waals surface area contributed by atoms with E-state index in [2.05, 4.69) is 5.32 Å². The van der Waals surface area contributed by atoms with Gasteiger partial charge in [0.2, 0.25) is 6.10 Å². The smallest absolute Gasteiger partial charge is 0.264 e. The summed E-state index contributed by atoms with van der Waals surface area (Å²) in [5, 5.41) is 2.86. The van der Waals surface area contributed by atoms with Crippen LogP contribution >= 0.6 is 0 Å². The number of amides is 1. The van der Waals surface area contributed by atoms with E-state index in [1.54, 1.807) is 6.07 Å². The van der Waals surface area contributed by atoms with Crippen LogP contribution in [0.2, 0.25) is 0 Å². The lowest BCUT2D eigenvalue weighted by atomic mass is 9.78. The molecule has 1 aliphatic carbocycles. The van der Waals surface area contributed by atoms with Crippen molar-refractivity contribution >= 4 is 5.91 Å². The van der Waals surface area contributed by atoms with E-state index in [-0.39, 0.29) is 18.1 Å². The zero-order valence-corrected chi connectivity index (χ0v) is 10.7. The van der Waals surface area contributed by atoms with E-state index in [4.69, 9.17) is 15.2 Å². The molecule has 5 nitrogen and oxygen atoms in total. The van der Waals surface area contributed by atoms with Gasteiger partial charge in [0.15, 0.2) is 11.5 Å². The maximum atomic E-state index is 12.0. The van der Waals surface area contributed by atoms with E-state index in [1.807, 2.05) is 18.2 Å². The predicted octanol–water partition coefficient (Wildman–Crippen LogP) is 0.824. The van der Waals surface area contributed by atoms with Crippen molar-refractivity contribution in [3.05, 3.63) is 24.3 Å². The third kappa shape index (κ3) is 2.51. The third-order valence-electron chi connectivity index (χ3n) is 3.77. The monoisotopic (exact) mass is 262 g/mol. The molecule has 0 saturated heterocycles. The Labute approximate surface area is 112 Å². The molecule has 0 aromatic heterocycles. The van der Waals surface area contributed by atoms with Crippen molar-refractivity contribution in [2.24, 2.45) is 5.73 Å². The second-order valence-electron chi connectivity index (χ2n) is 5.30. The first kappa shape index (κ1) is 12.3. The molecule has 3 N–H and O–H groups in total. The summed E-state index contributed by atoms with van der Waals surface area (Å²) in [6.45, 7) is 0.744. The number of hydrogen-bond acceptors (Lipinski definition) is 4. The second kappa shape index (κ2) is 4.74. The summed E-state index contributed by atoms with van der Waals surface area (Å²) >= 11 is 0. The van der Waals surface area contributed by atoms with E-state index in [0.29, 0.717) is 18.0 Å². The molecule has 5 heteroatoms. The van der Waals surface area contributed by atoms with Crippen molar-refractivity contribution in [2.45, 2.75) is 30.9 Å². The number of rotatable bonds is 3. The van der Waals surface area contributed by atoms with Gasteiger partial charge in [-0.3, -0.25) is 4.79 Å². The van der Waals surface area contributed by atoms with Crippen LogP contribution in [0.3, 0.4) is 0 Å². The van der Waals surface area contributed by atoms with Crippen LogP contribution in [-0.2, 0) is 4.79 Å². The standard InChI is InChI=1S/C14H18N2O3/c15-14(6-3-7-14)9-16-13(17)12-8-18-10-4-1-2-5-11(10)19-12/h1-2,4-5,12H,3,6-9,15H2,(H,16,17). The summed E-state index contributed by atoms with van der Waals surface area (Å²) in [4.78, 5) is 12.0. The van der Waals surface area contributed by atoms with Crippen LogP contribution < -0.4 is 20.5 Å². The minimum absolute atomic E-state index is 0.161. The Hall–Kier alpha value is -1.75. The van der Waals surface area contributed by atoms with E-state index < -0.39 is 6.10 Å². The van der Waals surface area contributed by atoms with Gasteiger partial charge < -0.3 is 20.5 Å². The van der Waals surface area contributed by atoms with Crippen LogP contribution in [0.1, 0.15) is 19.3 Å². The first-order valence-corrected chi connectivity index (χ1v) is 6.61. The number of fused-ring (bicyclic) bond motifs is 1. The molecular formula is C14H18N2O3. The van der Waals surface area contributed by atoms with Crippen molar-refractivity contribution < 1.29 is 14.3 Å². The molecule has 1 aromatic rings. The molecule has 1 atom stereocenters. The lowest BCUT2D eigenvalue weighted by Crippen LogP contribution is -2.57. The van der Waals surface area contributed by atoms with Crippen LogP contribution in [0.25, 0.3) is 0 Å². The van der Waals surface area contributed by atoms with Gasteiger partial charge in [-0.1, -0.05) is 12.1 Å². The van der Waals surface area contributed by atoms with E-state index in [1.165, 1.54) is 0 Å². The predicted molar refractivity (Wildman–Crippen MR) is 70.1 cm³/mol. The Morgan fingerprint density at radius 3 is 2.79 bits per heavy atom. The molecule has 2 aliphatic rings. The van der Waals surface area contributed by atoms with Crippen molar-refractivity contribution in [1.82, 2.24) is 5.32 Å². The Morgan fingerprint density at radius 2 is 2.11 bits per heavy atom. The molecule has 0 radical (unpaired) electrons. The molecule has 1 aliphatic heterocycles. The molecule has 102 valence electrons. The maximum absolute atomic E-state index is 12.0. The highest BCUT2D eigenvalue weighted by Crippen LogP contribution is 2.31. The summed E-state index contributed by atoms with van der Waals surface area (Å²) in [5.41, 5.74) is 5.85. The van der Waals surface area contributed by atoms with Crippen LogP contribution in [0, 0.1) is 0 Å². The van der Waals surface area contributed by atoms with Gasteiger partial charge in [-0.05, 0) is 31.4 Å². The molecule has 1 amide bonds. The first-order chi connectivity index (χ1) is 9.16. The Bertz CT molecular complexity index is 485. The largest absolute Gasteiger partial charge is 0.485 e. The Balaban J connectivity index is 1.57. The summed E-state index contributed by atoms with van der Waals surface area (Å²) in [5.74, 6) is 1.13. The van der Waals surface area contributed by atoms with Crippen LogP contribution in [-0.4, -0.2) is 30.7 Å². The van der Waals surface area contributed by atoms with Crippen LogP contribution in [0.5, 0.6) is 11.5 Å². The van der Waals surface area contributed by atoms with Gasteiger partial charge in [0, 0.05) is 12.1 Å². The van der Waals surface area contributed by atoms with Crippen molar-refractivity contribution in [1.29, 1.82) is 0 Å². The molecule has 1 saturated carbocycles. The maximum Gasteiger partial charge on any atom is 0.264 e. The lowest BCUT2D eigenvalue weighted by Gasteiger charge is -2.38. The fourth-order valence-electron chi connectivity index (χ4n) is 2.33. The number of nitrogens with one attached hydrogen (secondary N) is 1. The van der Waals surface area contributed by atoms with Gasteiger partial charge >= 0.3 is 0 Å². The van der Waals surface area contributed by atoms with E-state index in [9.17, 15) is 4.79 Å². The number of carbonyl (C=O) groups excluding carboxylic acids is 1. The van der Waals surface area contributed by atoms with Gasteiger partial charge in [0.25, 0.3) is 5.91 Å². The summed E-state index contributed by atoms with van der Waals surface area (Å²) in [6, 6.07) is 7.35. The fraction of sp³-hybridized carbons (Fsp3) is 0.500. The van der Waals surface area contributed by atoms with Gasteiger partial charge in [0.05, 0.1) is 0 Å². The van der Waals surface area contributed by atoms with Gasteiger partial charge in [-0.2, -0.15) is 0 Å². The highest BCUT2D eigenvalue weighted by atomic mass is 16.6. The molecule has 1 unspecified atom stereocenters. The number of hydrogen-bond donors (Lipinski definition) is 2. The molecule has 19 heavy (non-hydrogen) atoms. The number of benzene rings is 1. The highest BCUT2D eigenvalue weighted by molar-refractivity contribution is 5.81. The van der Waals surface area contributed by atoms with E-state index >= 15 is 0 Å². The normalized spacial score (nSPS) is 23.3. The number of nitrogens with two attached hydrogens (primary N) is 1. The Morgan fingerprint density at radius 1 is 1.37 bits per heavy atom. The van der Waals surface area contributed by atoms with Crippen molar-refractivity contribution in [2.75, 3.05) is 13.2 Å². The number of ether oxygens (including phenoxy) is 2. The van der Waals surface area contributed by atoms with E-state index in [0.717, 1.165) is 19.3 Å². The summed E-state index contributed by atoms with van der Waals surface area (Å²) in [7, 11) is 0. The molecule has 1 heterocycles. The Kier molecular flexibility index (Phi) is 3.06. The van der Waals surface area contributed by atoms with Crippen molar-refractivity contribution in [3.8, 4) is 11.5 Å². The van der Waals surface area contributed by atoms with Gasteiger partial charge in [-0.25, -0.2) is 0 Å². The zero-order valence-electron chi connectivity index (χ0n) is 10.7. The van der Waals surface area contributed by atoms with Gasteiger partial charge in [0.1, 0.15) is 6.61 Å². The molecule has 1 aromatic carbocycles. The molecule has 1 fully saturated rings. The molecule has 0 spiro atoms. The van der Waals surface area contributed by atoms with Gasteiger partial charge in [-0.15, -0.1) is 0 Å². The van der Waals surface area contributed by atoms with Crippen LogP contribution in [0.4, 0.5) is 0 Å². The second-order valence-corrected chi connectivity index (χ2v) is 5.30. The van der Waals surface area contributed by atoms with Crippen LogP contribution in [0.15, 0.2) is 24.3 Å². The lowest BCUT2D eigenvalue weighted by molar-refractivity contribution is -0.130. The molecular weight excluding hydrogens is 244 g/mol. The zero-order chi connectivity index (χ0) is 13.3. The minimum Gasteiger partial charge on any atom is -0.485 e. The average molecular weight is 262 g/mol. The molecule has 3 rings (SSSR count). The fourth-order valence-corrected chi connectivity index (χ4v) is 2.33. The van der Waals surface area contributed by atoms with Crippen molar-refractivity contribution in [3.63, 3.8) is 0 Å². The number of carbonyl (C=O) groups is 1.